The van der Waals surface area contributed by atoms with E-state index >= 15 is 0 Å². The largest absolute Gasteiger partial charge is 0.492 e. The topological polar surface area (TPSA) is 151 Å². The number of nitrogens with zero attached hydrogens (tertiary/aromatic N) is 8. The predicted molar refractivity (Wildman–Crippen MR) is 144 cm³/mol. The van der Waals surface area contributed by atoms with Crippen LogP contribution in [0.5, 0.6) is 5.75 Å². The fourth-order valence-corrected chi connectivity index (χ4v) is 5.10. The van der Waals surface area contributed by atoms with Gasteiger partial charge in [0.25, 0.3) is 0 Å². The van der Waals surface area contributed by atoms with E-state index in [1.165, 1.54) is 11.1 Å². The van der Waals surface area contributed by atoms with Gasteiger partial charge in [0.15, 0.2) is 6.33 Å². The Bertz CT molecular complexity index is 1620. The number of aromatic nitrogens is 9. The first-order valence-electron chi connectivity index (χ1n) is 13.5. The third kappa shape index (κ3) is 4.85. The van der Waals surface area contributed by atoms with E-state index in [0.717, 1.165) is 59.2 Å². The monoisotopic (exact) mass is 540 g/mol. The van der Waals surface area contributed by atoms with Crippen molar-refractivity contribution in [2.75, 3.05) is 11.9 Å². The molecule has 13 heteroatoms. The highest BCUT2D eigenvalue weighted by Crippen LogP contribution is 2.48. The fourth-order valence-electron chi connectivity index (χ4n) is 5.10. The van der Waals surface area contributed by atoms with Crippen molar-refractivity contribution in [1.29, 1.82) is 0 Å². The van der Waals surface area contributed by atoms with Crippen molar-refractivity contribution in [3.63, 3.8) is 0 Å². The zero-order chi connectivity index (χ0) is 27.1. The number of amides is 1. The Morgan fingerprint density at radius 3 is 2.70 bits per heavy atom. The van der Waals surface area contributed by atoms with Gasteiger partial charge in [-0.3, -0.25) is 5.32 Å². The van der Waals surface area contributed by atoms with Gasteiger partial charge in [-0.25, -0.2) is 4.79 Å². The molecule has 2 aliphatic carbocycles. The molecule has 2 aliphatic rings. The smallest absolute Gasteiger partial charge is 0.411 e. The summed E-state index contributed by atoms with van der Waals surface area (Å²) in [6.45, 7) is 2.85. The molecule has 13 nitrogen and oxygen atoms in total. The standard InChI is InChI=1S/C27H28N10O3/c1-16(17-2-3-17)40-27(38)30-19-6-4-18(5-7-19)25-24(26-31-33-34-32-26)22-11-10-21(14-23(22)37(25)20-8-9-20)39-13-12-36-29-15-28-35-36/h4-7,10-11,14-17,20H,2-3,8-9,12-13H2,1H3,(H,30,38)(H,31,32,33,34). The van der Waals surface area contributed by atoms with E-state index in [4.69, 9.17) is 9.47 Å². The van der Waals surface area contributed by atoms with Crippen LogP contribution in [0.3, 0.4) is 0 Å². The first kappa shape index (κ1) is 24.2. The van der Waals surface area contributed by atoms with Crippen molar-refractivity contribution >= 4 is 22.7 Å². The number of carbonyl (C=O) groups excluding carboxylic acids is 1. The third-order valence-electron chi connectivity index (χ3n) is 7.39. The van der Waals surface area contributed by atoms with Gasteiger partial charge in [-0.1, -0.05) is 12.1 Å². The van der Waals surface area contributed by atoms with E-state index in [2.05, 4.69) is 52.0 Å². The number of ether oxygens (including phenoxy) is 2. The van der Waals surface area contributed by atoms with E-state index < -0.39 is 6.09 Å². The molecule has 2 fully saturated rings. The Morgan fingerprint density at radius 1 is 1.15 bits per heavy atom. The maximum Gasteiger partial charge on any atom is 0.411 e. The number of fused-ring (bicyclic) bond motifs is 1. The quantitative estimate of drug-likeness (QED) is 0.265. The number of tetrazole rings is 2. The third-order valence-corrected chi connectivity index (χ3v) is 7.39. The molecule has 3 aromatic heterocycles. The van der Waals surface area contributed by atoms with Crippen molar-refractivity contribution < 1.29 is 14.3 Å². The maximum atomic E-state index is 12.4. The Labute approximate surface area is 228 Å². The minimum Gasteiger partial charge on any atom is -0.492 e. The lowest BCUT2D eigenvalue weighted by atomic mass is 10.0. The van der Waals surface area contributed by atoms with E-state index in [0.29, 0.717) is 36.6 Å². The summed E-state index contributed by atoms with van der Waals surface area (Å²) in [5.74, 6) is 1.75. The molecule has 5 aromatic rings. The minimum absolute atomic E-state index is 0.0702. The number of aromatic amines is 1. The lowest BCUT2D eigenvalue weighted by Crippen LogP contribution is -2.21. The van der Waals surface area contributed by atoms with Crippen LogP contribution < -0.4 is 10.1 Å². The van der Waals surface area contributed by atoms with Gasteiger partial charge in [0, 0.05) is 23.2 Å². The number of rotatable bonds is 10. The number of nitrogens with one attached hydrogen (secondary N) is 2. The Morgan fingerprint density at radius 2 is 2.00 bits per heavy atom. The van der Waals surface area contributed by atoms with E-state index in [-0.39, 0.29) is 6.10 Å². The van der Waals surface area contributed by atoms with Crippen molar-refractivity contribution in [2.24, 2.45) is 5.92 Å². The van der Waals surface area contributed by atoms with Crippen LogP contribution >= 0.6 is 0 Å². The van der Waals surface area contributed by atoms with Gasteiger partial charge >= 0.3 is 6.09 Å². The zero-order valence-electron chi connectivity index (χ0n) is 21.9. The van der Waals surface area contributed by atoms with Crippen LogP contribution in [0.2, 0.25) is 0 Å². The molecule has 2 saturated carbocycles. The van der Waals surface area contributed by atoms with Crippen LogP contribution in [0.4, 0.5) is 10.5 Å². The first-order chi connectivity index (χ1) is 19.6. The molecule has 1 atom stereocenters. The van der Waals surface area contributed by atoms with Crippen LogP contribution in [0.15, 0.2) is 48.8 Å². The van der Waals surface area contributed by atoms with Crippen LogP contribution in [0, 0.1) is 5.92 Å². The summed E-state index contributed by atoms with van der Waals surface area (Å²) in [7, 11) is 0. The molecule has 1 unspecified atom stereocenters. The maximum absolute atomic E-state index is 12.4. The van der Waals surface area contributed by atoms with Gasteiger partial charge in [-0.15, -0.1) is 20.4 Å². The zero-order valence-corrected chi connectivity index (χ0v) is 21.9. The summed E-state index contributed by atoms with van der Waals surface area (Å²) in [4.78, 5) is 13.9. The van der Waals surface area contributed by atoms with Crippen molar-refractivity contribution in [3.8, 4) is 28.4 Å². The lowest BCUT2D eigenvalue weighted by Gasteiger charge is -2.14. The molecular weight excluding hydrogens is 512 g/mol. The second-order valence-electron chi connectivity index (χ2n) is 10.3. The van der Waals surface area contributed by atoms with Crippen LogP contribution in [-0.2, 0) is 11.3 Å². The molecule has 0 aliphatic heterocycles. The van der Waals surface area contributed by atoms with Gasteiger partial charge in [-0.05, 0) is 78.8 Å². The summed E-state index contributed by atoms with van der Waals surface area (Å²) >= 11 is 0. The van der Waals surface area contributed by atoms with Crippen LogP contribution in [-0.4, -0.2) is 64.2 Å². The fraction of sp³-hybridized carbons (Fsp3) is 0.370. The molecule has 40 heavy (non-hydrogen) atoms. The van der Waals surface area contributed by atoms with Gasteiger partial charge in [0.05, 0.1) is 23.3 Å². The van der Waals surface area contributed by atoms with Gasteiger partial charge in [0.2, 0.25) is 5.82 Å². The molecule has 3 heterocycles. The number of anilines is 1. The Kier molecular flexibility index (Phi) is 6.10. The highest BCUT2D eigenvalue weighted by atomic mass is 16.6. The molecule has 2 N–H and O–H groups in total. The van der Waals surface area contributed by atoms with Crippen LogP contribution in [0.25, 0.3) is 33.5 Å². The van der Waals surface area contributed by atoms with Gasteiger partial charge in [-0.2, -0.15) is 10.0 Å². The van der Waals surface area contributed by atoms with Crippen molar-refractivity contribution in [1.82, 2.24) is 45.4 Å². The summed E-state index contributed by atoms with van der Waals surface area (Å²) in [5, 5.41) is 30.6. The molecule has 0 radical (unpaired) electrons. The molecule has 0 spiro atoms. The highest BCUT2D eigenvalue weighted by molar-refractivity contribution is 6.04. The van der Waals surface area contributed by atoms with Crippen LogP contribution in [0.1, 0.15) is 38.6 Å². The van der Waals surface area contributed by atoms with Crippen molar-refractivity contribution in [3.05, 3.63) is 48.8 Å². The lowest BCUT2D eigenvalue weighted by molar-refractivity contribution is 0.108. The molecule has 2 aromatic carbocycles. The van der Waals surface area contributed by atoms with Gasteiger partial charge < -0.3 is 14.0 Å². The number of carbonyl (C=O) groups is 1. The Hall–Kier alpha value is -4.81. The SMILES string of the molecule is CC(OC(=O)Nc1ccc(-c2c(-c3nn[nH]n3)c3ccc(OCCn4ncnn4)cc3n2C2CC2)cc1)C1CC1. The number of H-pyrrole nitrogens is 1. The summed E-state index contributed by atoms with van der Waals surface area (Å²) in [6.07, 6.45) is 5.30. The number of hydrogen-bond donors (Lipinski definition) is 2. The molecule has 0 saturated heterocycles. The first-order valence-corrected chi connectivity index (χ1v) is 13.5. The van der Waals surface area contributed by atoms with E-state index in [9.17, 15) is 4.79 Å². The van der Waals surface area contributed by atoms with Gasteiger partial charge in [0.1, 0.15) is 18.5 Å². The average molecular weight is 541 g/mol. The van der Waals surface area contributed by atoms with E-state index in [1.807, 2.05) is 43.3 Å². The second-order valence-corrected chi connectivity index (χ2v) is 10.3. The highest BCUT2D eigenvalue weighted by Gasteiger charge is 2.33. The summed E-state index contributed by atoms with van der Waals surface area (Å²) in [6, 6.07) is 14.2. The normalized spacial score (nSPS) is 15.7. The minimum atomic E-state index is -0.432. The molecule has 204 valence electrons. The number of benzene rings is 2. The Balaban J connectivity index is 1.21. The van der Waals surface area contributed by atoms with E-state index in [1.54, 1.807) is 0 Å². The second kappa shape index (κ2) is 10.1. The molecule has 7 rings (SSSR count). The van der Waals surface area contributed by atoms with Crippen molar-refractivity contribution in [2.45, 2.75) is 51.3 Å². The number of hydrogen-bond acceptors (Lipinski definition) is 9. The summed E-state index contributed by atoms with van der Waals surface area (Å²) in [5.41, 5.74) is 4.58. The molecule has 1 amide bonds. The predicted octanol–water partition coefficient (Wildman–Crippen LogP) is 4.24. The summed E-state index contributed by atoms with van der Waals surface area (Å²) < 4.78 is 13.9. The average Bonchev–Trinajstić information content (AvgIpc) is 3.84. The molecule has 0 bridgehead atoms. The molecular formula is C27H28N10O3.